The molecule has 1 heterocycles. The highest BCUT2D eigenvalue weighted by Crippen LogP contribution is 2.23. The fourth-order valence-corrected chi connectivity index (χ4v) is 2.57. The second kappa shape index (κ2) is 5.85. The first-order valence-corrected chi connectivity index (χ1v) is 7.08. The van der Waals surface area contributed by atoms with E-state index in [1.165, 1.54) is 11.1 Å². The number of aromatic nitrogens is 1. The first-order valence-electron chi connectivity index (χ1n) is 7.08. The number of benzene rings is 2. The van der Waals surface area contributed by atoms with Crippen molar-refractivity contribution in [1.82, 2.24) is 4.57 Å². The molecule has 2 aromatic carbocycles. The van der Waals surface area contributed by atoms with Crippen molar-refractivity contribution < 1.29 is 4.92 Å². The van der Waals surface area contributed by atoms with E-state index < -0.39 is 4.92 Å². The number of nitrogens with zero attached hydrogens (tertiary/aromatic N) is 2. The zero-order valence-corrected chi connectivity index (χ0v) is 12.3. The van der Waals surface area contributed by atoms with Crippen LogP contribution < -0.4 is 0 Å². The monoisotopic (exact) mass is 292 g/mol. The highest BCUT2D eigenvalue weighted by molar-refractivity contribution is 5.89. The number of aryl methyl sites for hydroxylation is 1. The number of para-hydroxylation sites is 1. The fourth-order valence-electron chi connectivity index (χ4n) is 2.57. The Hall–Kier alpha value is -2.88. The van der Waals surface area contributed by atoms with Crippen LogP contribution in [-0.4, -0.2) is 9.49 Å². The first kappa shape index (κ1) is 14.1. The molecule has 0 fully saturated rings. The van der Waals surface area contributed by atoms with E-state index in [9.17, 15) is 10.1 Å². The van der Waals surface area contributed by atoms with Gasteiger partial charge < -0.3 is 4.57 Å². The van der Waals surface area contributed by atoms with Gasteiger partial charge in [-0.05, 0) is 18.6 Å². The maximum Gasteiger partial charge on any atom is 0.235 e. The molecule has 4 nitrogen and oxygen atoms in total. The SMILES string of the molecule is Cc1ccc(Cn2cc(/C=C/[N+](=O)[O-])c3ccccc32)cc1. The zero-order valence-electron chi connectivity index (χ0n) is 12.3. The predicted molar refractivity (Wildman–Crippen MR) is 88.2 cm³/mol. The van der Waals surface area contributed by atoms with Crippen LogP contribution in [0.5, 0.6) is 0 Å². The lowest BCUT2D eigenvalue weighted by molar-refractivity contribution is -0.400. The summed E-state index contributed by atoms with van der Waals surface area (Å²) in [6, 6.07) is 16.3. The van der Waals surface area contributed by atoms with E-state index in [4.69, 9.17) is 0 Å². The Morgan fingerprint density at radius 3 is 2.59 bits per heavy atom. The third-order valence-electron chi connectivity index (χ3n) is 3.67. The van der Waals surface area contributed by atoms with Gasteiger partial charge in [0, 0.05) is 35.3 Å². The molecule has 0 N–H and O–H groups in total. The summed E-state index contributed by atoms with van der Waals surface area (Å²) in [7, 11) is 0. The predicted octanol–water partition coefficient (Wildman–Crippen LogP) is 4.25. The normalized spacial score (nSPS) is 11.3. The van der Waals surface area contributed by atoms with Crippen LogP contribution in [0.25, 0.3) is 17.0 Å². The summed E-state index contributed by atoms with van der Waals surface area (Å²) < 4.78 is 2.12. The lowest BCUT2D eigenvalue weighted by Crippen LogP contribution is -1.97. The lowest BCUT2D eigenvalue weighted by Gasteiger charge is -2.06. The second-order valence-corrected chi connectivity index (χ2v) is 5.32. The van der Waals surface area contributed by atoms with Crippen LogP contribution >= 0.6 is 0 Å². The van der Waals surface area contributed by atoms with Gasteiger partial charge in [-0.2, -0.15) is 0 Å². The Morgan fingerprint density at radius 2 is 1.86 bits per heavy atom. The van der Waals surface area contributed by atoms with E-state index in [0.717, 1.165) is 29.2 Å². The van der Waals surface area contributed by atoms with Crippen molar-refractivity contribution in [3.8, 4) is 0 Å². The molecule has 0 aliphatic rings. The lowest BCUT2D eigenvalue weighted by atomic mass is 10.1. The molecule has 0 aliphatic heterocycles. The number of rotatable bonds is 4. The van der Waals surface area contributed by atoms with Gasteiger partial charge in [0.05, 0.1) is 4.92 Å². The van der Waals surface area contributed by atoms with E-state index in [2.05, 4.69) is 35.8 Å². The molecule has 3 aromatic rings. The van der Waals surface area contributed by atoms with Crippen molar-refractivity contribution in [3.63, 3.8) is 0 Å². The summed E-state index contributed by atoms with van der Waals surface area (Å²) in [5.41, 5.74) is 4.37. The molecule has 110 valence electrons. The van der Waals surface area contributed by atoms with Gasteiger partial charge in [-0.1, -0.05) is 48.0 Å². The van der Waals surface area contributed by atoms with Gasteiger partial charge in [-0.25, -0.2) is 0 Å². The maximum atomic E-state index is 10.6. The number of hydrogen-bond acceptors (Lipinski definition) is 2. The second-order valence-electron chi connectivity index (χ2n) is 5.32. The molecule has 0 saturated heterocycles. The van der Waals surface area contributed by atoms with Crippen molar-refractivity contribution >= 4 is 17.0 Å². The molecule has 0 atom stereocenters. The van der Waals surface area contributed by atoms with Crippen molar-refractivity contribution in [2.75, 3.05) is 0 Å². The van der Waals surface area contributed by atoms with Crippen molar-refractivity contribution in [1.29, 1.82) is 0 Å². The van der Waals surface area contributed by atoms with E-state index in [1.807, 2.05) is 30.5 Å². The summed E-state index contributed by atoms with van der Waals surface area (Å²) in [5.74, 6) is 0. The van der Waals surface area contributed by atoms with Crippen LogP contribution in [0.2, 0.25) is 0 Å². The Bertz CT molecular complexity index is 845. The van der Waals surface area contributed by atoms with E-state index in [0.29, 0.717) is 0 Å². The third kappa shape index (κ3) is 2.91. The van der Waals surface area contributed by atoms with Crippen LogP contribution in [-0.2, 0) is 6.54 Å². The minimum absolute atomic E-state index is 0.438. The standard InChI is InChI=1S/C18H16N2O2/c1-14-6-8-15(9-7-14)12-19-13-16(10-11-20(21)22)17-4-2-3-5-18(17)19/h2-11,13H,12H2,1H3/b11-10+. The minimum Gasteiger partial charge on any atom is -0.342 e. The molecule has 0 saturated carbocycles. The van der Waals surface area contributed by atoms with E-state index in [1.54, 1.807) is 6.08 Å². The van der Waals surface area contributed by atoms with Gasteiger partial charge in [0.1, 0.15) is 0 Å². The average molecular weight is 292 g/mol. The van der Waals surface area contributed by atoms with Crippen LogP contribution in [0.15, 0.2) is 60.9 Å². The molecular weight excluding hydrogens is 276 g/mol. The quantitative estimate of drug-likeness (QED) is 0.533. The molecule has 3 rings (SSSR count). The van der Waals surface area contributed by atoms with Crippen molar-refractivity contribution in [2.45, 2.75) is 13.5 Å². The molecule has 0 amide bonds. The minimum atomic E-state index is -0.438. The highest BCUT2D eigenvalue weighted by Gasteiger charge is 2.07. The van der Waals surface area contributed by atoms with E-state index in [-0.39, 0.29) is 0 Å². The first-order chi connectivity index (χ1) is 10.6. The van der Waals surface area contributed by atoms with Gasteiger partial charge in [0.15, 0.2) is 0 Å². The van der Waals surface area contributed by atoms with Crippen LogP contribution in [0, 0.1) is 17.0 Å². The molecule has 0 radical (unpaired) electrons. The number of hydrogen-bond donors (Lipinski definition) is 0. The topological polar surface area (TPSA) is 48.1 Å². The molecule has 4 heteroatoms. The summed E-state index contributed by atoms with van der Waals surface area (Å²) in [5, 5.41) is 11.6. The summed E-state index contributed by atoms with van der Waals surface area (Å²) >= 11 is 0. The van der Waals surface area contributed by atoms with Crippen LogP contribution in [0.4, 0.5) is 0 Å². The third-order valence-corrected chi connectivity index (χ3v) is 3.67. The number of fused-ring (bicyclic) bond motifs is 1. The Balaban J connectivity index is 2.02. The van der Waals surface area contributed by atoms with Crippen molar-refractivity contribution in [3.05, 3.63) is 87.7 Å². The van der Waals surface area contributed by atoms with Gasteiger partial charge in [0.2, 0.25) is 6.20 Å². The molecule has 0 bridgehead atoms. The summed E-state index contributed by atoms with van der Waals surface area (Å²) in [6.07, 6.45) is 4.50. The van der Waals surface area contributed by atoms with Crippen LogP contribution in [0.1, 0.15) is 16.7 Å². The van der Waals surface area contributed by atoms with Gasteiger partial charge in [-0.15, -0.1) is 0 Å². The largest absolute Gasteiger partial charge is 0.342 e. The Labute approximate surface area is 128 Å². The number of nitro groups is 1. The van der Waals surface area contributed by atoms with Gasteiger partial charge in [0.25, 0.3) is 0 Å². The summed E-state index contributed by atoms with van der Waals surface area (Å²) in [6.45, 7) is 2.81. The molecule has 0 unspecified atom stereocenters. The van der Waals surface area contributed by atoms with Crippen LogP contribution in [0.3, 0.4) is 0 Å². The van der Waals surface area contributed by atoms with Gasteiger partial charge in [-0.3, -0.25) is 10.1 Å². The average Bonchev–Trinajstić information content (AvgIpc) is 2.86. The fraction of sp³-hybridized carbons (Fsp3) is 0.111. The molecular formula is C18H16N2O2. The zero-order chi connectivity index (χ0) is 15.5. The molecule has 0 aliphatic carbocycles. The van der Waals surface area contributed by atoms with Crippen molar-refractivity contribution in [2.24, 2.45) is 0 Å². The molecule has 1 aromatic heterocycles. The van der Waals surface area contributed by atoms with E-state index >= 15 is 0 Å². The summed E-state index contributed by atoms with van der Waals surface area (Å²) in [4.78, 5) is 10.1. The smallest absolute Gasteiger partial charge is 0.235 e. The van der Waals surface area contributed by atoms with Gasteiger partial charge >= 0.3 is 0 Å². The highest BCUT2D eigenvalue weighted by atomic mass is 16.6. The molecule has 0 spiro atoms. The maximum absolute atomic E-state index is 10.6. The Morgan fingerprint density at radius 1 is 1.14 bits per heavy atom. The molecule has 22 heavy (non-hydrogen) atoms. The Kier molecular flexibility index (Phi) is 3.74.